The Kier molecular flexibility index (Phi) is 8.01. The zero-order valence-electron chi connectivity index (χ0n) is 13.7. The van der Waals surface area contributed by atoms with Crippen LogP contribution >= 0.6 is 0 Å². The highest BCUT2D eigenvalue weighted by Gasteiger charge is 2.31. The normalized spacial score (nSPS) is 28.3. The van der Waals surface area contributed by atoms with Crippen LogP contribution in [0.5, 0.6) is 0 Å². The Morgan fingerprint density at radius 2 is 1.84 bits per heavy atom. The van der Waals surface area contributed by atoms with Crippen LogP contribution in [0.1, 0.15) is 66.7 Å². The van der Waals surface area contributed by atoms with Crippen LogP contribution in [0.2, 0.25) is 0 Å². The van der Waals surface area contributed by atoms with Crippen molar-refractivity contribution < 1.29 is 4.74 Å². The highest BCUT2D eigenvalue weighted by atomic mass is 16.5. The van der Waals surface area contributed by atoms with Gasteiger partial charge in [0.1, 0.15) is 0 Å². The first kappa shape index (κ1) is 17.0. The average molecular weight is 269 g/mol. The molecule has 0 saturated heterocycles. The second kappa shape index (κ2) is 8.97. The minimum atomic E-state index is 0.493. The number of hydrogen-bond donors (Lipinski definition) is 1. The SMILES string of the molecule is CCC(CC)NCCOC1CC(C)CCC1C(C)C. The van der Waals surface area contributed by atoms with Gasteiger partial charge in [-0.25, -0.2) is 0 Å². The van der Waals surface area contributed by atoms with Gasteiger partial charge in [0.15, 0.2) is 0 Å². The third-order valence-electron chi connectivity index (χ3n) is 4.81. The van der Waals surface area contributed by atoms with Crippen molar-refractivity contribution in [1.82, 2.24) is 5.32 Å². The Morgan fingerprint density at radius 3 is 2.42 bits per heavy atom. The molecule has 114 valence electrons. The Balaban J connectivity index is 2.28. The van der Waals surface area contributed by atoms with E-state index in [4.69, 9.17) is 4.74 Å². The molecule has 0 spiro atoms. The first-order chi connectivity index (χ1) is 9.08. The maximum Gasteiger partial charge on any atom is 0.0608 e. The van der Waals surface area contributed by atoms with Gasteiger partial charge in [-0.1, -0.05) is 41.0 Å². The van der Waals surface area contributed by atoms with Gasteiger partial charge in [0.25, 0.3) is 0 Å². The third-order valence-corrected chi connectivity index (χ3v) is 4.81. The van der Waals surface area contributed by atoms with E-state index in [-0.39, 0.29) is 0 Å². The number of rotatable bonds is 8. The molecule has 3 unspecified atom stereocenters. The van der Waals surface area contributed by atoms with Gasteiger partial charge in [-0.05, 0) is 43.4 Å². The lowest BCUT2D eigenvalue weighted by Crippen LogP contribution is -2.37. The Bertz CT molecular complexity index is 225. The highest BCUT2D eigenvalue weighted by Crippen LogP contribution is 2.35. The van der Waals surface area contributed by atoms with Crippen LogP contribution < -0.4 is 5.32 Å². The van der Waals surface area contributed by atoms with E-state index in [0.29, 0.717) is 12.1 Å². The lowest BCUT2D eigenvalue weighted by Gasteiger charge is -2.37. The molecule has 2 heteroatoms. The molecule has 0 amide bonds. The van der Waals surface area contributed by atoms with Gasteiger partial charge in [0, 0.05) is 12.6 Å². The minimum absolute atomic E-state index is 0.493. The monoisotopic (exact) mass is 269 g/mol. The van der Waals surface area contributed by atoms with Crippen LogP contribution in [0.25, 0.3) is 0 Å². The fraction of sp³-hybridized carbons (Fsp3) is 1.00. The lowest BCUT2D eigenvalue weighted by atomic mass is 9.75. The molecule has 0 heterocycles. The maximum absolute atomic E-state index is 6.20. The molecule has 2 nitrogen and oxygen atoms in total. The molecule has 0 aliphatic heterocycles. The summed E-state index contributed by atoms with van der Waals surface area (Å²) in [6.07, 6.45) is 6.91. The van der Waals surface area contributed by atoms with Gasteiger partial charge in [0.05, 0.1) is 12.7 Å². The molecule has 0 bridgehead atoms. The standard InChI is InChI=1S/C17H35NO/c1-6-15(7-2)18-10-11-19-17-12-14(5)8-9-16(17)13(3)4/h13-18H,6-12H2,1-5H3. The number of hydrogen-bond acceptors (Lipinski definition) is 2. The molecule has 1 saturated carbocycles. The summed E-state index contributed by atoms with van der Waals surface area (Å²) in [6.45, 7) is 13.4. The summed E-state index contributed by atoms with van der Waals surface area (Å²) in [5.41, 5.74) is 0. The minimum Gasteiger partial charge on any atom is -0.377 e. The molecular formula is C17H35NO. The Labute approximate surface area is 120 Å². The molecule has 1 fully saturated rings. The molecule has 1 aliphatic rings. The molecule has 19 heavy (non-hydrogen) atoms. The maximum atomic E-state index is 6.20. The second-order valence-electron chi connectivity index (χ2n) is 6.70. The highest BCUT2D eigenvalue weighted by molar-refractivity contribution is 4.81. The van der Waals surface area contributed by atoms with E-state index in [1.165, 1.54) is 32.1 Å². The molecule has 0 aromatic carbocycles. The average Bonchev–Trinajstić information content (AvgIpc) is 2.38. The predicted molar refractivity (Wildman–Crippen MR) is 83.5 cm³/mol. The molecular weight excluding hydrogens is 234 g/mol. The van der Waals surface area contributed by atoms with Gasteiger partial charge in [-0.3, -0.25) is 0 Å². The van der Waals surface area contributed by atoms with Gasteiger partial charge < -0.3 is 10.1 Å². The third kappa shape index (κ3) is 5.83. The fourth-order valence-corrected chi connectivity index (χ4v) is 3.36. The van der Waals surface area contributed by atoms with Crippen molar-refractivity contribution in [3.05, 3.63) is 0 Å². The van der Waals surface area contributed by atoms with E-state index < -0.39 is 0 Å². The summed E-state index contributed by atoms with van der Waals surface area (Å²) in [5, 5.41) is 3.59. The molecule has 1 rings (SSSR count). The van der Waals surface area contributed by atoms with Crippen molar-refractivity contribution >= 4 is 0 Å². The van der Waals surface area contributed by atoms with Gasteiger partial charge >= 0.3 is 0 Å². The molecule has 0 radical (unpaired) electrons. The predicted octanol–water partition coefficient (Wildman–Crippen LogP) is 4.24. The van der Waals surface area contributed by atoms with Gasteiger partial charge in [0.2, 0.25) is 0 Å². The second-order valence-corrected chi connectivity index (χ2v) is 6.70. The quantitative estimate of drug-likeness (QED) is 0.665. The Hall–Kier alpha value is -0.0800. The number of nitrogens with one attached hydrogen (secondary N) is 1. The zero-order chi connectivity index (χ0) is 14.3. The molecule has 3 atom stereocenters. The summed E-state index contributed by atoms with van der Waals surface area (Å²) in [5.74, 6) is 2.36. The van der Waals surface area contributed by atoms with E-state index >= 15 is 0 Å². The lowest BCUT2D eigenvalue weighted by molar-refractivity contribution is -0.0372. The fourth-order valence-electron chi connectivity index (χ4n) is 3.36. The molecule has 0 aromatic rings. The van der Waals surface area contributed by atoms with Crippen molar-refractivity contribution in [1.29, 1.82) is 0 Å². The largest absolute Gasteiger partial charge is 0.377 e. The van der Waals surface area contributed by atoms with Crippen molar-refractivity contribution in [3.63, 3.8) is 0 Å². The Morgan fingerprint density at radius 1 is 1.16 bits per heavy atom. The van der Waals surface area contributed by atoms with E-state index in [2.05, 4.69) is 39.9 Å². The molecule has 0 aromatic heterocycles. The molecule has 1 aliphatic carbocycles. The summed E-state index contributed by atoms with van der Waals surface area (Å²) in [6, 6.07) is 0.662. The summed E-state index contributed by atoms with van der Waals surface area (Å²) in [4.78, 5) is 0. The van der Waals surface area contributed by atoms with Gasteiger partial charge in [-0.15, -0.1) is 0 Å². The summed E-state index contributed by atoms with van der Waals surface area (Å²) >= 11 is 0. The van der Waals surface area contributed by atoms with Crippen LogP contribution in [-0.4, -0.2) is 25.3 Å². The van der Waals surface area contributed by atoms with E-state index in [1.54, 1.807) is 0 Å². The zero-order valence-corrected chi connectivity index (χ0v) is 13.7. The van der Waals surface area contributed by atoms with Crippen LogP contribution in [0.3, 0.4) is 0 Å². The first-order valence-electron chi connectivity index (χ1n) is 8.43. The van der Waals surface area contributed by atoms with Crippen LogP contribution in [0, 0.1) is 17.8 Å². The van der Waals surface area contributed by atoms with E-state index in [9.17, 15) is 0 Å². The van der Waals surface area contributed by atoms with Crippen molar-refractivity contribution in [2.75, 3.05) is 13.2 Å². The first-order valence-corrected chi connectivity index (χ1v) is 8.43. The van der Waals surface area contributed by atoms with Crippen molar-refractivity contribution in [2.45, 2.75) is 78.9 Å². The van der Waals surface area contributed by atoms with Crippen molar-refractivity contribution in [3.8, 4) is 0 Å². The summed E-state index contributed by atoms with van der Waals surface area (Å²) in [7, 11) is 0. The van der Waals surface area contributed by atoms with Crippen molar-refractivity contribution in [2.24, 2.45) is 17.8 Å². The van der Waals surface area contributed by atoms with Crippen LogP contribution in [-0.2, 0) is 4.74 Å². The van der Waals surface area contributed by atoms with Crippen LogP contribution in [0.15, 0.2) is 0 Å². The van der Waals surface area contributed by atoms with E-state index in [1.807, 2.05) is 0 Å². The molecule has 1 N–H and O–H groups in total. The van der Waals surface area contributed by atoms with E-state index in [0.717, 1.165) is 30.9 Å². The topological polar surface area (TPSA) is 21.3 Å². The number of ether oxygens (including phenoxy) is 1. The van der Waals surface area contributed by atoms with Crippen LogP contribution in [0.4, 0.5) is 0 Å². The summed E-state index contributed by atoms with van der Waals surface area (Å²) < 4.78 is 6.20. The van der Waals surface area contributed by atoms with Gasteiger partial charge in [-0.2, -0.15) is 0 Å². The smallest absolute Gasteiger partial charge is 0.0608 e.